The van der Waals surface area contributed by atoms with Crippen LogP contribution in [0.5, 0.6) is 17.2 Å². The molecule has 1 N–H and O–H groups in total. The predicted molar refractivity (Wildman–Crippen MR) is 121 cm³/mol. The van der Waals surface area contributed by atoms with Gasteiger partial charge in [0.2, 0.25) is 0 Å². The molecule has 3 rings (SSSR count). The highest BCUT2D eigenvalue weighted by Gasteiger charge is 2.06. The summed E-state index contributed by atoms with van der Waals surface area (Å²) in [5.74, 6) is 1.51. The zero-order chi connectivity index (χ0) is 22.1. The van der Waals surface area contributed by atoms with E-state index in [1.54, 1.807) is 13.2 Å². The molecule has 0 aliphatic carbocycles. The van der Waals surface area contributed by atoms with Crippen LogP contribution in [0, 0.1) is 13.8 Å². The van der Waals surface area contributed by atoms with E-state index in [2.05, 4.69) is 22.7 Å². The molecule has 31 heavy (non-hydrogen) atoms. The lowest BCUT2D eigenvalue weighted by Crippen LogP contribution is -2.24. The fourth-order valence-corrected chi connectivity index (χ4v) is 2.72. The van der Waals surface area contributed by atoms with Crippen molar-refractivity contribution in [3.63, 3.8) is 0 Å². The number of nitrogens with one attached hydrogen (secondary N) is 1. The first-order valence-electron chi connectivity index (χ1n) is 9.91. The van der Waals surface area contributed by atoms with Gasteiger partial charge >= 0.3 is 0 Å². The third kappa shape index (κ3) is 6.89. The fraction of sp³-hybridized carbons (Fsp3) is 0.200. The van der Waals surface area contributed by atoms with Gasteiger partial charge in [-0.25, -0.2) is 5.43 Å². The molecule has 0 saturated heterocycles. The van der Waals surface area contributed by atoms with Crippen LogP contribution in [0.2, 0.25) is 0 Å². The van der Waals surface area contributed by atoms with Crippen molar-refractivity contribution in [3.05, 3.63) is 89.0 Å². The normalized spacial score (nSPS) is 10.7. The Hall–Kier alpha value is -3.80. The molecule has 0 aliphatic heterocycles. The lowest BCUT2D eigenvalue weighted by Gasteiger charge is -2.11. The van der Waals surface area contributed by atoms with E-state index in [1.165, 1.54) is 11.8 Å². The van der Waals surface area contributed by atoms with Crippen LogP contribution in [-0.4, -0.2) is 25.8 Å². The van der Waals surface area contributed by atoms with Gasteiger partial charge in [0, 0.05) is 0 Å². The molecule has 6 nitrogen and oxygen atoms in total. The first-order valence-corrected chi connectivity index (χ1v) is 9.91. The van der Waals surface area contributed by atoms with Gasteiger partial charge < -0.3 is 14.2 Å². The van der Waals surface area contributed by atoms with Gasteiger partial charge in [-0.3, -0.25) is 4.79 Å². The predicted octanol–water partition coefficient (Wildman–Crippen LogP) is 4.42. The van der Waals surface area contributed by atoms with Crippen LogP contribution in [-0.2, 0) is 11.4 Å². The van der Waals surface area contributed by atoms with E-state index in [9.17, 15) is 4.79 Å². The minimum absolute atomic E-state index is 0.116. The summed E-state index contributed by atoms with van der Waals surface area (Å²) in [6, 6.07) is 21.1. The number of aryl methyl sites for hydroxylation is 2. The van der Waals surface area contributed by atoms with E-state index >= 15 is 0 Å². The summed E-state index contributed by atoms with van der Waals surface area (Å²) >= 11 is 0. The highest BCUT2D eigenvalue weighted by Crippen LogP contribution is 2.28. The lowest BCUT2D eigenvalue weighted by molar-refractivity contribution is -0.123. The molecule has 0 aromatic heterocycles. The van der Waals surface area contributed by atoms with Crippen LogP contribution < -0.4 is 19.6 Å². The molecule has 6 heteroatoms. The quantitative estimate of drug-likeness (QED) is 0.413. The van der Waals surface area contributed by atoms with Crippen LogP contribution >= 0.6 is 0 Å². The van der Waals surface area contributed by atoms with E-state index in [1.807, 2.05) is 62.4 Å². The fourth-order valence-electron chi connectivity index (χ4n) is 2.72. The summed E-state index contributed by atoms with van der Waals surface area (Å²) in [5, 5.41) is 3.97. The number of benzene rings is 3. The standard InChI is InChI=1S/C25H26N2O4/c1-18-4-8-20(9-5-18)16-31-23-13-10-21(14-24(23)29-3)15-26-27-25(28)17-30-22-11-6-19(2)7-12-22/h4-15H,16-17H2,1-3H3,(H,27,28)/b26-15+. The summed E-state index contributed by atoms with van der Waals surface area (Å²) in [7, 11) is 1.58. The smallest absolute Gasteiger partial charge is 0.277 e. The van der Waals surface area contributed by atoms with Crippen molar-refractivity contribution in [2.24, 2.45) is 5.10 Å². The van der Waals surface area contributed by atoms with E-state index in [0.717, 1.165) is 16.7 Å². The van der Waals surface area contributed by atoms with E-state index in [-0.39, 0.29) is 12.5 Å². The number of hydrogen-bond acceptors (Lipinski definition) is 5. The van der Waals surface area contributed by atoms with Crippen molar-refractivity contribution in [2.45, 2.75) is 20.5 Å². The number of rotatable bonds is 9. The SMILES string of the molecule is COc1cc(/C=N/NC(=O)COc2ccc(C)cc2)ccc1OCc1ccc(C)cc1. The van der Waals surface area contributed by atoms with Crippen LogP contribution in [0.15, 0.2) is 71.8 Å². The Morgan fingerprint density at radius 2 is 1.58 bits per heavy atom. The van der Waals surface area contributed by atoms with Crippen LogP contribution in [0.3, 0.4) is 0 Å². The molecule has 0 spiro atoms. The monoisotopic (exact) mass is 418 g/mol. The number of carbonyl (C=O) groups is 1. The minimum Gasteiger partial charge on any atom is -0.493 e. The average Bonchev–Trinajstić information content (AvgIpc) is 2.78. The second-order valence-electron chi connectivity index (χ2n) is 7.08. The largest absolute Gasteiger partial charge is 0.493 e. The van der Waals surface area contributed by atoms with Crippen molar-refractivity contribution >= 4 is 12.1 Å². The third-order valence-corrected chi connectivity index (χ3v) is 4.50. The first-order chi connectivity index (χ1) is 15.0. The molecule has 160 valence electrons. The Bertz CT molecular complexity index is 1030. The second-order valence-corrected chi connectivity index (χ2v) is 7.08. The van der Waals surface area contributed by atoms with Crippen LogP contribution in [0.25, 0.3) is 0 Å². The maximum Gasteiger partial charge on any atom is 0.277 e. The third-order valence-electron chi connectivity index (χ3n) is 4.50. The topological polar surface area (TPSA) is 69.2 Å². The summed E-state index contributed by atoms with van der Waals surface area (Å²) in [5.41, 5.74) is 6.63. The van der Waals surface area contributed by atoms with E-state index < -0.39 is 0 Å². The van der Waals surface area contributed by atoms with Gasteiger partial charge in [0.15, 0.2) is 18.1 Å². The molecule has 0 radical (unpaired) electrons. The zero-order valence-corrected chi connectivity index (χ0v) is 17.9. The number of amides is 1. The maximum atomic E-state index is 11.9. The molecule has 0 unspecified atom stereocenters. The molecule has 0 atom stereocenters. The summed E-state index contributed by atoms with van der Waals surface area (Å²) < 4.78 is 16.7. The Kier molecular flexibility index (Phi) is 7.65. The Labute approximate surface area is 182 Å². The molecular formula is C25H26N2O4. The van der Waals surface area contributed by atoms with Crippen LogP contribution in [0.4, 0.5) is 0 Å². The Morgan fingerprint density at radius 1 is 0.903 bits per heavy atom. The van der Waals surface area contributed by atoms with Crippen molar-refractivity contribution < 1.29 is 19.0 Å². The maximum absolute atomic E-state index is 11.9. The first kappa shape index (κ1) is 21.9. The number of hydrogen-bond donors (Lipinski definition) is 1. The van der Waals surface area contributed by atoms with Gasteiger partial charge in [-0.2, -0.15) is 5.10 Å². The van der Waals surface area contributed by atoms with E-state index in [4.69, 9.17) is 14.2 Å². The zero-order valence-electron chi connectivity index (χ0n) is 17.9. The number of hydrazone groups is 1. The minimum atomic E-state index is -0.346. The number of nitrogens with zero attached hydrogens (tertiary/aromatic N) is 1. The highest BCUT2D eigenvalue weighted by atomic mass is 16.5. The number of carbonyl (C=O) groups excluding carboxylic acids is 1. The lowest BCUT2D eigenvalue weighted by atomic mass is 10.2. The Morgan fingerprint density at radius 3 is 2.26 bits per heavy atom. The van der Waals surface area contributed by atoms with Crippen molar-refractivity contribution in [2.75, 3.05) is 13.7 Å². The van der Waals surface area contributed by atoms with Gasteiger partial charge in [-0.15, -0.1) is 0 Å². The summed E-state index contributed by atoms with van der Waals surface area (Å²) in [6.45, 7) is 4.37. The molecular weight excluding hydrogens is 392 g/mol. The van der Waals surface area contributed by atoms with Crippen molar-refractivity contribution in [1.29, 1.82) is 0 Å². The molecule has 3 aromatic carbocycles. The molecule has 0 heterocycles. The highest BCUT2D eigenvalue weighted by molar-refractivity contribution is 5.83. The average molecular weight is 418 g/mol. The van der Waals surface area contributed by atoms with Gasteiger partial charge in [-0.05, 0) is 55.3 Å². The number of ether oxygens (including phenoxy) is 3. The van der Waals surface area contributed by atoms with Gasteiger partial charge in [0.1, 0.15) is 12.4 Å². The molecule has 0 bridgehead atoms. The summed E-state index contributed by atoms with van der Waals surface area (Å²) in [4.78, 5) is 11.9. The molecule has 0 saturated carbocycles. The molecule has 1 amide bonds. The van der Waals surface area contributed by atoms with Gasteiger partial charge in [-0.1, -0.05) is 47.5 Å². The summed E-state index contributed by atoms with van der Waals surface area (Å²) in [6.07, 6.45) is 1.54. The van der Waals surface area contributed by atoms with Gasteiger partial charge in [0.25, 0.3) is 5.91 Å². The van der Waals surface area contributed by atoms with Crippen molar-refractivity contribution in [1.82, 2.24) is 5.43 Å². The second kappa shape index (κ2) is 10.8. The van der Waals surface area contributed by atoms with E-state index in [0.29, 0.717) is 23.9 Å². The van der Waals surface area contributed by atoms with Gasteiger partial charge in [0.05, 0.1) is 13.3 Å². The number of methoxy groups -OCH3 is 1. The molecule has 0 aliphatic rings. The van der Waals surface area contributed by atoms with Crippen molar-refractivity contribution in [3.8, 4) is 17.2 Å². The molecule has 0 fully saturated rings. The van der Waals surface area contributed by atoms with Crippen LogP contribution in [0.1, 0.15) is 22.3 Å². The molecule has 3 aromatic rings. The Balaban J connectivity index is 1.51.